The Kier molecular flexibility index (Phi) is 12.1. The number of aliphatic imine (C=N–C) groups is 1. The van der Waals surface area contributed by atoms with Crippen LogP contribution in [0.5, 0.6) is 0 Å². The maximum atomic E-state index is 11.9. The summed E-state index contributed by atoms with van der Waals surface area (Å²) in [6.07, 6.45) is -0.216. The van der Waals surface area contributed by atoms with Gasteiger partial charge >= 0.3 is 6.09 Å². The molecule has 2 saturated heterocycles. The van der Waals surface area contributed by atoms with Gasteiger partial charge in [-0.05, 0) is 19.8 Å². The van der Waals surface area contributed by atoms with Gasteiger partial charge in [-0.3, -0.25) is 9.89 Å². The molecule has 0 bridgehead atoms. The first-order valence-electron chi connectivity index (χ1n) is 10.3. The Labute approximate surface area is 187 Å². The number of nitrogens with zero attached hydrogens (tertiary/aromatic N) is 4. The van der Waals surface area contributed by atoms with Crippen LogP contribution in [0.4, 0.5) is 4.79 Å². The molecule has 164 valence electrons. The molecule has 0 aromatic carbocycles. The summed E-state index contributed by atoms with van der Waals surface area (Å²) in [4.78, 5) is 23.4. The number of nitrogens with one attached hydrogen (secondary N) is 1. The summed E-state index contributed by atoms with van der Waals surface area (Å²) in [5.74, 6) is 1.48. The molecule has 9 heteroatoms. The van der Waals surface area contributed by atoms with E-state index >= 15 is 0 Å². The molecule has 0 aromatic heterocycles. The molecule has 2 aliphatic heterocycles. The molecule has 2 aliphatic rings. The van der Waals surface area contributed by atoms with Gasteiger partial charge in [-0.15, -0.1) is 24.0 Å². The second-order valence-electron chi connectivity index (χ2n) is 7.33. The van der Waals surface area contributed by atoms with Crippen LogP contribution in [0.2, 0.25) is 0 Å². The lowest BCUT2D eigenvalue weighted by Gasteiger charge is -2.38. The number of carbonyl (C=O) groups excluding carboxylic acids is 1. The average molecular weight is 511 g/mol. The highest BCUT2D eigenvalue weighted by Gasteiger charge is 2.26. The van der Waals surface area contributed by atoms with Crippen molar-refractivity contribution in [1.29, 1.82) is 0 Å². The molecule has 0 aliphatic carbocycles. The molecule has 2 fully saturated rings. The van der Waals surface area contributed by atoms with E-state index in [1.807, 2.05) is 6.92 Å². The third-order valence-corrected chi connectivity index (χ3v) is 5.15. The Morgan fingerprint density at radius 3 is 2.21 bits per heavy atom. The van der Waals surface area contributed by atoms with Crippen molar-refractivity contribution in [3.63, 3.8) is 0 Å². The number of hydrogen-bond acceptors (Lipinski definition) is 5. The zero-order valence-corrected chi connectivity index (χ0v) is 20.2. The summed E-state index contributed by atoms with van der Waals surface area (Å²) in [5.41, 5.74) is 0. The second-order valence-corrected chi connectivity index (χ2v) is 7.33. The molecular weight excluding hydrogens is 473 g/mol. The van der Waals surface area contributed by atoms with E-state index in [0.29, 0.717) is 31.7 Å². The molecule has 8 nitrogen and oxygen atoms in total. The number of carbonyl (C=O) groups is 1. The Morgan fingerprint density at radius 1 is 1.07 bits per heavy atom. The van der Waals surface area contributed by atoms with E-state index in [9.17, 15) is 4.79 Å². The van der Waals surface area contributed by atoms with Crippen molar-refractivity contribution in [2.45, 2.75) is 33.7 Å². The maximum Gasteiger partial charge on any atom is 0.409 e. The third-order valence-electron chi connectivity index (χ3n) is 5.15. The lowest BCUT2D eigenvalue weighted by Crippen LogP contribution is -2.54. The van der Waals surface area contributed by atoms with Gasteiger partial charge in [0.1, 0.15) is 0 Å². The van der Waals surface area contributed by atoms with Gasteiger partial charge < -0.3 is 24.6 Å². The third kappa shape index (κ3) is 7.55. The topological polar surface area (TPSA) is 69.6 Å². The van der Waals surface area contributed by atoms with E-state index in [-0.39, 0.29) is 30.1 Å². The number of amides is 1. The fourth-order valence-electron chi connectivity index (χ4n) is 3.58. The summed E-state index contributed by atoms with van der Waals surface area (Å²) in [5, 5.41) is 3.42. The second kappa shape index (κ2) is 13.4. The van der Waals surface area contributed by atoms with Crippen molar-refractivity contribution in [2.24, 2.45) is 10.9 Å². The van der Waals surface area contributed by atoms with Crippen LogP contribution in [0.1, 0.15) is 27.7 Å². The molecule has 28 heavy (non-hydrogen) atoms. The Balaban J connectivity index is 0.00000392. The molecule has 0 aromatic rings. The van der Waals surface area contributed by atoms with Crippen LogP contribution in [0.15, 0.2) is 4.99 Å². The monoisotopic (exact) mass is 511 g/mol. The minimum absolute atomic E-state index is 0. The fourth-order valence-corrected chi connectivity index (χ4v) is 3.58. The summed E-state index contributed by atoms with van der Waals surface area (Å²) in [6.45, 7) is 16.9. The van der Waals surface area contributed by atoms with Crippen LogP contribution in [-0.2, 0) is 9.47 Å². The van der Waals surface area contributed by atoms with E-state index in [0.717, 1.165) is 58.4 Å². The number of halogens is 1. The highest BCUT2D eigenvalue weighted by Crippen LogP contribution is 2.14. The highest BCUT2D eigenvalue weighted by molar-refractivity contribution is 14.0. The van der Waals surface area contributed by atoms with E-state index in [1.54, 1.807) is 4.90 Å². The van der Waals surface area contributed by atoms with Gasteiger partial charge in [-0.25, -0.2) is 4.79 Å². The molecule has 0 saturated carbocycles. The number of guanidine groups is 1. The number of piperazine rings is 1. The number of morpholine rings is 1. The highest BCUT2D eigenvalue weighted by atomic mass is 127. The molecule has 1 atom stereocenters. The quantitative estimate of drug-likeness (QED) is 0.333. The largest absolute Gasteiger partial charge is 0.450 e. The van der Waals surface area contributed by atoms with E-state index in [4.69, 9.17) is 14.5 Å². The van der Waals surface area contributed by atoms with E-state index in [1.165, 1.54) is 0 Å². The number of ether oxygens (including phenoxy) is 2. The molecule has 0 radical (unpaired) electrons. The lowest BCUT2D eigenvalue weighted by molar-refractivity contribution is 0.00860. The maximum absolute atomic E-state index is 11.9. The minimum Gasteiger partial charge on any atom is -0.450 e. The van der Waals surface area contributed by atoms with E-state index < -0.39 is 0 Å². The van der Waals surface area contributed by atoms with Crippen molar-refractivity contribution >= 4 is 36.0 Å². The van der Waals surface area contributed by atoms with Crippen molar-refractivity contribution in [3.05, 3.63) is 0 Å². The smallest absolute Gasteiger partial charge is 0.409 e. The van der Waals surface area contributed by atoms with Gasteiger partial charge in [0.05, 0.1) is 26.4 Å². The minimum atomic E-state index is -0.216. The SMILES string of the molecule is CCNC(=NCC(C(C)C)N1CCOCC1)N1CCN(C(=O)OCC)CC1.I. The fraction of sp³-hybridized carbons (Fsp3) is 0.895. The summed E-state index contributed by atoms with van der Waals surface area (Å²) >= 11 is 0. The van der Waals surface area contributed by atoms with Crippen molar-refractivity contribution in [3.8, 4) is 0 Å². The van der Waals surface area contributed by atoms with Gasteiger partial charge in [-0.2, -0.15) is 0 Å². The first-order chi connectivity index (χ1) is 13.1. The van der Waals surface area contributed by atoms with Gasteiger partial charge in [0.2, 0.25) is 0 Å². The Hall–Kier alpha value is -0.810. The van der Waals surface area contributed by atoms with Crippen LogP contribution in [-0.4, -0.2) is 105 Å². The Bertz CT molecular complexity index is 478. The predicted molar refractivity (Wildman–Crippen MR) is 123 cm³/mol. The number of rotatable bonds is 6. The van der Waals surface area contributed by atoms with Gasteiger partial charge in [0.25, 0.3) is 0 Å². The van der Waals surface area contributed by atoms with Crippen molar-refractivity contribution in [1.82, 2.24) is 20.0 Å². The zero-order valence-electron chi connectivity index (χ0n) is 17.9. The van der Waals surface area contributed by atoms with Crippen LogP contribution < -0.4 is 5.32 Å². The van der Waals surface area contributed by atoms with Crippen LogP contribution >= 0.6 is 24.0 Å². The average Bonchev–Trinajstić information content (AvgIpc) is 2.68. The van der Waals surface area contributed by atoms with Crippen LogP contribution in [0, 0.1) is 5.92 Å². The predicted octanol–water partition coefficient (Wildman–Crippen LogP) is 1.70. The number of hydrogen-bond donors (Lipinski definition) is 1. The first kappa shape index (κ1) is 25.2. The molecule has 2 rings (SSSR count). The zero-order chi connectivity index (χ0) is 19.6. The van der Waals surface area contributed by atoms with Crippen LogP contribution in [0.25, 0.3) is 0 Å². The van der Waals surface area contributed by atoms with Gasteiger partial charge in [0.15, 0.2) is 5.96 Å². The van der Waals surface area contributed by atoms with Gasteiger partial charge in [0, 0.05) is 51.9 Å². The summed E-state index contributed by atoms with van der Waals surface area (Å²) in [6, 6.07) is 0.420. The van der Waals surface area contributed by atoms with E-state index in [2.05, 4.69) is 35.9 Å². The van der Waals surface area contributed by atoms with Crippen LogP contribution in [0.3, 0.4) is 0 Å². The Morgan fingerprint density at radius 2 is 1.68 bits per heavy atom. The molecule has 0 spiro atoms. The normalized spacial score (nSPS) is 20.0. The molecular formula is C19H38IN5O3. The molecule has 1 unspecified atom stereocenters. The summed E-state index contributed by atoms with van der Waals surface area (Å²) in [7, 11) is 0. The van der Waals surface area contributed by atoms with Crippen molar-refractivity contribution < 1.29 is 14.3 Å². The molecule has 1 amide bonds. The van der Waals surface area contributed by atoms with Crippen molar-refractivity contribution in [2.75, 3.05) is 72.2 Å². The molecule has 2 heterocycles. The lowest BCUT2D eigenvalue weighted by atomic mass is 10.0. The summed E-state index contributed by atoms with van der Waals surface area (Å²) < 4.78 is 10.6. The van der Waals surface area contributed by atoms with Gasteiger partial charge in [-0.1, -0.05) is 13.8 Å². The molecule has 1 N–H and O–H groups in total. The standard InChI is InChI=1S/C19H37N5O3.HI/c1-5-20-18(23-7-9-24(10-8-23)19(25)27-6-2)21-15-17(16(3)4)22-11-13-26-14-12-22;/h16-17H,5-15H2,1-4H3,(H,20,21);1H. The first-order valence-corrected chi connectivity index (χ1v) is 10.3.